The number of ether oxygens (including phenoxy) is 2. The fraction of sp³-hybridized carbons (Fsp3) is 0.923. The molecule has 2 bridgehead atoms. The first kappa shape index (κ1) is 13.8. The van der Waals surface area contributed by atoms with Crippen LogP contribution in [0.5, 0.6) is 0 Å². The van der Waals surface area contributed by atoms with Crippen molar-refractivity contribution < 1.29 is 14.3 Å². The Kier molecular flexibility index (Phi) is 4.25. The summed E-state index contributed by atoms with van der Waals surface area (Å²) in [6.45, 7) is 6.70. The van der Waals surface area contributed by atoms with Crippen LogP contribution in [0.1, 0.15) is 33.1 Å². The van der Waals surface area contributed by atoms with Gasteiger partial charge < -0.3 is 15.2 Å². The minimum Gasteiger partial charge on any atom is -0.465 e. The van der Waals surface area contributed by atoms with E-state index >= 15 is 0 Å². The van der Waals surface area contributed by atoms with E-state index in [9.17, 15) is 4.79 Å². The second-order valence-corrected chi connectivity index (χ2v) is 5.60. The third kappa shape index (κ3) is 3.22. The zero-order valence-corrected chi connectivity index (χ0v) is 11.4. The lowest BCUT2D eigenvalue weighted by molar-refractivity contribution is -0.149. The first-order valence-corrected chi connectivity index (χ1v) is 6.85. The fourth-order valence-corrected chi connectivity index (χ4v) is 2.67. The Balaban J connectivity index is 1.78. The summed E-state index contributed by atoms with van der Waals surface area (Å²) in [5.74, 6) is -0.304. The van der Waals surface area contributed by atoms with E-state index < -0.39 is 5.54 Å². The van der Waals surface area contributed by atoms with Crippen molar-refractivity contribution in [2.75, 3.05) is 26.2 Å². The number of morpholine rings is 1. The van der Waals surface area contributed by atoms with Crippen molar-refractivity contribution in [1.29, 1.82) is 0 Å². The molecule has 0 aromatic heterocycles. The molecular weight excluding hydrogens is 232 g/mol. The van der Waals surface area contributed by atoms with E-state index in [0.29, 0.717) is 25.2 Å². The molecule has 0 radical (unpaired) electrons. The third-order valence-corrected chi connectivity index (χ3v) is 3.81. The number of carbonyl (C=O) groups excluding carboxylic acids is 1. The van der Waals surface area contributed by atoms with Crippen LogP contribution in [0.25, 0.3) is 0 Å². The molecule has 104 valence electrons. The molecule has 0 aromatic rings. The van der Waals surface area contributed by atoms with Crippen molar-refractivity contribution in [2.45, 2.75) is 50.9 Å². The molecule has 3 atom stereocenters. The number of hydrogen-bond acceptors (Lipinski definition) is 5. The summed E-state index contributed by atoms with van der Waals surface area (Å²) in [6.07, 6.45) is 3.73. The summed E-state index contributed by atoms with van der Waals surface area (Å²) in [4.78, 5) is 14.0. The van der Waals surface area contributed by atoms with Crippen molar-refractivity contribution in [2.24, 2.45) is 5.73 Å². The Morgan fingerprint density at radius 3 is 2.61 bits per heavy atom. The first-order valence-electron chi connectivity index (χ1n) is 6.85. The van der Waals surface area contributed by atoms with Gasteiger partial charge in [0.1, 0.15) is 5.54 Å². The van der Waals surface area contributed by atoms with Crippen LogP contribution in [0.15, 0.2) is 0 Å². The van der Waals surface area contributed by atoms with Gasteiger partial charge in [-0.25, -0.2) is 0 Å². The maximum atomic E-state index is 11.7. The molecule has 5 heteroatoms. The summed E-state index contributed by atoms with van der Waals surface area (Å²) < 4.78 is 10.8. The van der Waals surface area contributed by atoms with E-state index in [1.165, 1.54) is 12.8 Å². The van der Waals surface area contributed by atoms with Crippen LogP contribution in [-0.4, -0.2) is 54.9 Å². The van der Waals surface area contributed by atoms with E-state index in [1.54, 1.807) is 13.8 Å². The normalized spacial score (nSPS) is 31.1. The number of hydrogen-bond donors (Lipinski definition) is 1. The summed E-state index contributed by atoms with van der Waals surface area (Å²) in [6, 6.07) is 0. The average Bonchev–Trinajstić information content (AvgIpc) is 2.66. The van der Waals surface area contributed by atoms with Gasteiger partial charge in [0.05, 0.1) is 18.8 Å². The number of fused-ring (bicyclic) bond motifs is 2. The lowest BCUT2D eigenvalue weighted by Crippen LogP contribution is -2.50. The Morgan fingerprint density at radius 2 is 2.06 bits per heavy atom. The summed E-state index contributed by atoms with van der Waals surface area (Å²) >= 11 is 0. The van der Waals surface area contributed by atoms with Crippen LogP contribution in [-0.2, 0) is 14.3 Å². The van der Waals surface area contributed by atoms with Gasteiger partial charge in [-0.05, 0) is 33.1 Å². The average molecular weight is 256 g/mol. The van der Waals surface area contributed by atoms with Crippen LogP contribution < -0.4 is 5.73 Å². The van der Waals surface area contributed by atoms with E-state index in [-0.39, 0.29) is 5.97 Å². The van der Waals surface area contributed by atoms with Gasteiger partial charge in [0.15, 0.2) is 0 Å². The highest BCUT2D eigenvalue weighted by atomic mass is 16.5. The second-order valence-electron chi connectivity index (χ2n) is 5.60. The Labute approximate surface area is 109 Å². The van der Waals surface area contributed by atoms with Crippen LogP contribution in [0.4, 0.5) is 0 Å². The molecule has 18 heavy (non-hydrogen) atoms. The summed E-state index contributed by atoms with van der Waals surface area (Å²) in [5, 5.41) is 0. The number of likely N-dealkylation sites (tertiary alicyclic amines) is 1. The van der Waals surface area contributed by atoms with Crippen molar-refractivity contribution in [3.63, 3.8) is 0 Å². The molecule has 0 spiro atoms. The van der Waals surface area contributed by atoms with Gasteiger partial charge >= 0.3 is 5.97 Å². The van der Waals surface area contributed by atoms with Gasteiger partial charge in [0.2, 0.25) is 0 Å². The van der Waals surface area contributed by atoms with Gasteiger partial charge in [-0.3, -0.25) is 9.69 Å². The topological polar surface area (TPSA) is 64.8 Å². The number of nitrogens with two attached hydrogens (primary N) is 1. The van der Waals surface area contributed by atoms with Gasteiger partial charge in [-0.15, -0.1) is 0 Å². The van der Waals surface area contributed by atoms with Gasteiger partial charge in [-0.1, -0.05) is 0 Å². The third-order valence-electron chi connectivity index (χ3n) is 3.81. The smallest absolute Gasteiger partial charge is 0.325 e. The minimum atomic E-state index is -0.882. The summed E-state index contributed by atoms with van der Waals surface area (Å²) in [7, 11) is 0. The molecule has 0 aliphatic carbocycles. The van der Waals surface area contributed by atoms with Crippen molar-refractivity contribution in [1.82, 2.24) is 4.90 Å². The SMILES string of the molecule is CCOC(=O)C(C)(N)CCN1CC2CCC(C1)O2. The number of nitrogens with zero attached hydrogens (tertiary/aromatic N) is 1. The van der Waals surface area contributed by atoms with Crippen molar-refractivity contribution >= 4 is 5.97 Å². The number of esters is 1. The lowest BCUT2D eigenvalue weighted by Gasteiger charge is -2.34. The largest absolute Gasteiger partial charge is 0.465 e. The quantitative estimate of drug-likeness (QED) is 0.727. The van der Waals surface area contributed by atoms with E-state index in [1.807, 2.05) is 0 Å². The maximum absolute atomic E-state index is 11.7. The molecule has 2 aliphatic rings. The standard InChI is InChI=1S/C13H24N2O3/c1-3-17-12(16)13(2,14)6-7-15-8-10-4-5-11(9-15)18-10/h10-11H,3-9,14H2,1-2H3. The minimum absolute atomic E-state index is 0.304. The molecule has 2 saturated heterocycles. The highest BCUT2D eigenvalue weighted by molar-refractivity contribution is 5.79. The van der Waals surface area contributed by atoms with Gasteiger partial charge in [0.25, 0.3) is 0 Å². The first-order chi connectivity index (χ1) is 8.51. The zero-order valence-electron chi connectivity index (χ0n) is 11.4. The molecule has 0 saturated carbocycles. The van der Waals surface area contributed by atoms with Crippen LogP contribution in [0.2, 0.25) is 0 Å². The highest BCUT2D eigenvalue weighted by Crippen LogP contribution is 2.26. The predicted octanol–water partition coefficient (Wildman–Crippen LogP) is 0.520. The van der Waals surface area contributed by atoms with Gasteiger partial charge in [0, 0.05) is 19.6 Å². The van der Waals surface area contributed by atoms with Crippen LogP contribution in [0, 0.1) is 0 Å². The molecule has 3 unspecified atom stereocenters. The van der Waals surface area contributed by atoms with Crippen molar-refractivity contribution in [3.05, 3.63) is 0 Å². The molecule has 2 aliphatic heterocycles. The van der Waals surface area contributed by atoms with E-state index in [0.717, 1.165) is 19.6 Å². The zero-order chi connectivity index (χ0) is 13.2. The molecule has 0 aromatic carbocycles. The number of carbonyl (C=O) groups is 1. The number of rotatable bonds is 5. The Hall–Kier alpha value is -0.650. The Bertz CT molecular complexity index is 295. The Morgan fingerprint density at radius 1 is 1.44 bits per heavy atom. The summed E-state index contributed by atoms with van der Waals surface area (Å²) in [5.41, 5.74) is 5.13. The fourth-order valence-electron chi connectivity index (χ4n) is 2.67. The second kappa shape index (κ2) is 5.55. The van der Waals surface area contributed by atoms with E-state index in [4.69, 9.17) is 15.2 Å². The maximum Gasteiger partial charge on any atom is 0.325 e. The monoisotopic (exact) mass is 256 g/mol. The lowest BCUT2D eigenvalue weighted by atomic mass is 9.99. The van der Waals surface area contributed by atoms with E-state index in [2.05, 4.69) is 4.90 Å². The van der Waals surface area contributed by atoms with Crippen molar-refractivity contribution in [3.8, 4) is 0 Å². The molecule has 2 heterocycles. The van der Waals surface area contributed by atoms with Gasteiger partial charge in [-0.2, -0.15) is 0 Å². The highest BCUT2D eigenvalue weighted by Gasteiger charge is 2.35. The molecular formula is C13H24N2O3. The van der Waals surface area contributed by atoms with Crippen LogP contribution in [0.3, 0.4) is 0 Å². The molecule has 2 fully saturated rings. The molecule has 2 rings (SSSR count). The molecule has 0 amide bonds. The molecule has 2 N–H and O–H groups in total. The predicted molar refractivity (Wildman–Crippen MR) is 68.2 cm³/mol. The molecule has 5 nitrogen and oxygen atoms in total. The van der Waals surface area contributed by atoms with Crippen LogP contribution >= 0.6 is 0 Å².